The quantitative estimate of drug-likeness (QED) is 0.852. The summed E-state index contributed by atoms with van der Waals surface area (Å²) in [5, 5.41) is 2.38. The molecule has 0 saturated carbocycles. The van der Waals surface area contributed by atoms with E-state index in [1.807, 2.05) is 0 Å². The number of rotatable bonds is 3. The fourth-order valence-corrected chi connectivity index (χ4v) is 1.73. The number of hydrogen-bond donors (Lipinski definition) is 2. The number of alkyl halides is 3. The molecule has 0 aliphatic carbocycles. The Hall–Kier alpha value is -2.38. The number of benzene rings is 1. The monoisotopic (exact) mass is 303 g/mol. The molecule has 0 spiro atoms. The Labute approximate surface area is 116 Å². The third-order valence-electron chi connectivity index (χ3n) is 2.73. The van der Waals surface area contributed by atoms with Gasteiger partial charge in [-0.15, -0.1) is 0 Å². The van der Waals surface area contributed by atoms with Crippen LogP contribution in [-0.2, 0) is 12.7 Å². The Balaban J connectivity index is 2.23. The normalized spacial score (nSPS) is 11.5. The summed E-state index contributed by atoms with van der Waals surface area (Å²) in [6.07, 6.45) is -4.52. The SMILES string of the molecule is Nc1nc(NCc2ccccc2C(F)(F)F)c(F)cc1F. The zero-order valence-corrected chi connectivity index (χ0v) is 10.5. The van der Waals surface area contributed by atoms with Gasteiger partial charge >= 0.3 is 6.18 Å². The number of aromatic nitrogens is 1. The van der Waals surface area contributed by atoms with Crippen LogP contribution in [-0.4, -0.2) is 4.98 Å². The second-order valence-corrected chi connectivity index (χ2v) is 4.19. The molecule has 2 aromatic rings. The van der Waals surface area contributed by atoms with Crippen molar-refractivity contribution in [2.45, 2.75) is 12.7 Å². The van der Waals surface area contributed by atoms with Gasteiger partial charge in [-0.3, -0.25) is 0 Å². The highest BCUT2D eigenvalue weighted by molar-refractivity contribution is 5.46. The van der Waals surface area contributed by atoms with Crippen LogP contribution in [0.4, 0.5) is 33.6 Å². The van der Waals surface area contributed by atoms with E-state index in [-0.39, 0.29) is 12.1 Å². The van der Waals surface area contributed by atoms with Crippen LogP contribution in [0, 0.1) is 11.6 Å². The molecule has 2 rings (SSSR count). The van der Waals surface area contributed by atoms with E-state index < -0.39 is 35.0 Å². The number of pyridine rings is 1. The number of halogens is 5. The minimum absolute atomic E-state index is 0.0888. The van der Waals surface area contributed by atoms with Crippen LogP contribution in [0.1, 0.15) is 11.1 Å². The molecule has 3 N–H and O–H groups in total. The first-order valence-corrected chi connectivity index (χ1v) is 5.79. The van der Waals surface area contributed by atoms with Gasteiger partial charge in [-0.05, 0) is 11.6 Å². The number of nitrogens with one attached hydrogen (secondary N) is 1. The van der Waals surface area contributed by atoms with Gasteiger partial charge in [0, 0.05) is 12.6 Å². The van der Waals surface area contributed by atoms with Crippen LogP contribution in [0.25, 0.3) is 0 Å². The van der Waals surface area contributed by atoms with Crippen molar-refractivity contribution in [1.29, 1.82) is 0 Å². The van der Waals surface area contributed by atoms with Gasteiger partial charge in [-0.25, -0.2) is 13.8 Å². The van der Waals surface area contributed by atoms with Crippen LogP contribution in [0.2, 0.25) is 0 Å². The number of hydrogen-bond acceptors (Lipinski definition) is 3. The van der Waals surface area contributed by atoms with E-state index in [2.05, 4.69) is 10.3 Å². The Morgan fingerprint density at radius 2 is 1.76 bits per heavy atom. The van der Waals surface area contributed by atoms with Gasteiger partial charge in [0.2, 0.25) is 0 Å². The van der Waals surface area contributed by atoms with Gasteiger partial charge < -0.3 is 11.1 Å². The third-order valence-corrected chi connectivity index (χ3v) is 2.73. The number of nitrogens with two attached hydrogens (primary N) is 1. The predicted molar refractivity (Wildman–Crippen MR) is 67.3 cm³/mol. The average Bonchev–Trinajstić information content (AvgIpc) is 2.41. The Morgan fingerprint density at radius 3 is 2.43 bits per heavy atom. The number of nitrogens with zero attached hydrogens (tertiary/aromatic N) is 1. The molecule has 112 valence electrons. The number of nitrogen functional groups attached to an aromatic ring is 1. The summed E-state index contributed by atoms with van der Waals surface area (Å²) in [6, 6.07) is 5.36. The van der Waals surface area contributed by atoms with Crippen LogP contribution in [0.15, 0.2) is 30.3 Å². The van der Waals surface area contributed by atoms with E-state index in [1.54, 1.807) is 0 Å². The molecule has 0 bridgehead atoms. The fourth-order valence-electron chi connectivity index (χ4n) is 1.73. The third kappa shape index (κ3) is 3.39. The summed E-state index contributed by atoms with van der Waals surface area (Å²) in [5.41, 5.74) is 4.26. The molecule has 8 heteroatoms. The predicted octanol–water partition coefficient (Wildman–Crippen LogP) is 3.57. The molecular formula is C13H10F5N3. The van der Waals surface area contributed by atoms with Crippen molar-refractivity contribution < 1.29 is 22.0 Å². The first-order chi connectivity index (χ1) is 9.79. The smallest absolute Gasteiger partial charge is 0.381 e. The van der Waals surface area contributed by atoms with E-state index in [9.17, 15) is 22.0 Å². The first-order valence-electron chi connectivity index (χ1n) is 5.79. The topological polar surface area (TPSA) is 50.9 Å². The second-order valence-electron chi connectivity index (χ2n) is 4.19. The molecule has 21 heavy (non-hydrogen) atoms. The lowest BCUT2D eigenvalue weighted by molar-refractivity contribution is -0.138. The maximum atomic E-state index is 13.4. The van der Waals surface area contributed by atoms with Gasteiger partial charge in [-0.2, -0.15) is 13.2 Å². The largest absolute Gasteiger partial charge is 0.416 e. The molecule has 0 amide bonds. The van der Waals surface area contributed by atoms with Crippen LogP contribution in [0.3, 0.4) is 0 Å². The van der Waals surface area contributed by atoms with Crippen molar-refractivity contribution in [3.8, 4) is 0 Å². The highest BCUT2D eigenvalue weighted by atomic mass is 19.4. The molecule has 0 fully saturated rings. The Bertz CT molecular complexity index is 655. The van der Waals surface area contributed by atoms with E-state index in [0.29, 0.717) is 6.07 Å². The van der Waals surface area contributed by atoms with E-state index >= 15 is 0 Å². The highest BCUT2D eigenvalue weighted by Gasteiger charge is 2.32. The Morgan fingerprint density at radius 1 is 1.10 bits per heavy atom. The van der Waals surface area contributed by atoms with Gasteiger partial charge in [-0.1, -0.05) is 18.2 Å². The summed E-state index contributed by atoms with van der Waals surface area (Å²) in [4.78, 5) is 3.41. The van der Waals surface area contributed by atoms with E-state index in [4.69, 9.17) is 5.73 Å². The molecule has 3 nitrogen and oxygen atoms in total. The molecule has 1 aromatic carbocycles. The minimum atomic E-state index is -4.52. The Kier molecular flexibility index (Phi) is 3.97. The summed E-state index contributed by atoms with van der Waals surface area (Å²) < 4.78 is 64.7. The molecule has 0 radical (unpaired) electrons. The zero-order chi connectivity index (χ0) is 15.6. The van der Waals surface area contributed by atoms with Crippen molar-refractivity contribution in [2.24, 2.45) is 0 Å². The van der Waals surface area contributed by atoms with E-state index in [1.165, 1.54) is 18.2 Å². The molecule has 0 aliphatic rings. The average molecular weight is 303 g/mol. The van der Waals surface area contributed by atoms with Crippen LogP contribution >= 0.6 is 0 Å². The zero-order valence-electron chi connectivity index (χ0n) is 10.5. The molecule has 0 atom stereocenters. The van der Waals surface area contributed by atoms with Crippen molar-refractivity contribution in [1.82, 2.24) is 4.98 Å². The molecule has 1 aromatic heterocycles. The second kappa shape index (κ2) is 5.55. The maximum absolute atomic E-state index is 13.4. The molecule has 1 heterocycles. The van der Waals surface area contributed by atoms with Gasteiger partial charge in [0.05, 0.1) is 5.56 Å². The first kappa shape index (κ1) is 15.0. The maximum Gasteiger partial charge on any atom is 0.416 e. The van der Waals surface area contributed by atoms with E-state index in [0.717, 1.165) is 6.07 Å². The summed E-state index contributed by atoms with van der Waals surface area (Å²) in [6.45, 7) is -0.329. The van der Waals surface area contributed by atoms with Crippen molar-refractivity contribution >= 4 is 11.6 Å². The lowest BCUT2D eigenvalue weighted by Gasteiger charge is -2.14. The summed E-state index contributed by atoms with van der Waals surface area (Å²) in [5.74, 6) is -3.02. The van der Waals surface area contributed by atoms with Crippen molar-refractivity contribution in [2.75, 3.05) is 11.1 Å². The molecule has 0 unspecified atom stereocenters. The number of anilines is 2. The van der Waals surface area contributed by atoms with Crippen molar-refractivity contribution in [3.05, 3.63) is 53.1 Å². The summed E-state index contributed by atoms with van der Waals surface area (Å²) in [7, 11) is 0. The molecule has 0 aliphatic heterocycles. The fraction of sp³-hybridized carbons (Fsp3) is 0.154. The van der Waals surface area contributed by atoms with Gasteiger partial charge in [0.25, 0.3) is 0 Å². The molecular weight excluding hydrogens is 293 g/mol. The molecule has 0 saturated heterocycles. The van der Waals surface area contributed by atoms with Crippen molar-refractivity contribution in [3.63, 3.8) is 0 Å². The minimum Gasteiger partial charge on any atom is -0.381 e. The summed E-state index contributed by atoms with van der Waals surface area (Å²) >= 11 is 0. The lowest BCUT2D eigenvalue weighted by atomic mass is 10.1. The highest BCUT2D eigenvalue weighted by Crippen LogP contribution is 2.32. The van der Waals surface area contributed by atoms with Gasteiger partial charge in [0.15, 0.2) is 23.3 Å². The van der Waals surface area contributed by atoms with Gasteiger partial charge in [0.1, 0.15) is 0 Å². The standard InChI is InChI=1S/C13H10F5N3/c14-9-5-10(15)12(21-11(9)19)20-6-7-3-1-2-4-8(7)13(16,17)18/h1-5H,6H2,(H3,19,20,21). The lowest BCUT2D eigenvalue weighted by Crippen LogP contribution is -2.13. The van der Waals surface area contributed by atoms with Crippen LogP contribution in [0.5, 0.6) is 0 Å². The van der Waals surface area contributed by atoms with Crippen LogP contribution < -0.4 is 11.1 Å².